The number of aromatic hydroxyl groups is 1. The largest absolute Gasteiger partial charge is 0.508 e. The van der Waals surface area contributed by atoms with Crippen LogP contribution in [0.1, 0.15) is 12.5 Å². The van der Waals surface area contributed by atoms with Gasteiger partial charge in [-0.2, -0.15) is 4.99 Å². The van der Waals surface area contributed by atoms with Gasteiger partial charge in [0.05, 0.1) is 11.5 Å². The Morgan fingerprint density at radius 3 is 2.62 bits per heavy atom. The third-order valence-corrected chi connectivity index (χ3v) is 4.53. The molecule has 2 amide bonds. The third-order valence-electron chi connectivity index (χ3n) is 3.71. The number of anilines is 1. The number of carbonyl (C=O) groups is 2. The maximum Gasteiger partial charge on any atom is 0.286 e. The lowest BCUT2D eigenvalue weighted by molar-refractivity contribution is -0.118. The number of phenolic OH excluding ortho intramolecular Hbond substituents is 1. The number of phenols is 1. The van der Waals surface area contributed by atoms with E-state index in [1.807, 2.05) is 6.92 Å². The summed E-state index contributed by atoms with van der Waals surface area (Å²) in [5, 5.41) is 12.2. The molecule has 0 radical (unpaired) electrons. The van der Waals surface area contributed by atoms with Crippen molar-refractivity contribution in [3.05, 3.63) is 52.9 Å². The smallest absolute Gasteiger partial charge is 0.286 e. The minimum Gasteiger partial charge on any atom is -0.508 e. The molecule has 9 heteroatoms. The van der Waals surface area contributed by atoms with Crippen molar-refractivity contribution >= 4 is 40.5 Å². The van der Waals surface area contributed by atoms with Crippen LogP contribution in [-0.2, 0) is 9.59 Å². The number of thioether (sulfide) groups is 1. The Bertz CT molecular complexity index is 986. The molecule has 0 atom stereocenters. The number of nitrogens with two attached hydrogens (primary N) is 1. The van der Waals surface area contributed by atoms with Gasteiger partial charge in [-0.25, -0.2) is 0 Å². The van der Waals surface area contributed by atoms with Crippen LogP contribution < -0.4 is 20.5 Å². The van der Waals surface area contributed by atoms with E-state index >= 15 is 0 Å². The van der Waals surface area contributed by atoms with Crippen molar-refractivity contribution in [2.24, 2.45) is 10.7 Å². The Balaban J connectivity index is 1.67. The molecule has 1 aliphatic heterocycles. The lowest BCUT2D eigenvalue weighted by Gasteiger charge is -2.13. The second kappa shape index (κ2) is 9.16. The highest BCUT2D eigenvalue weighted by Crippen LogP contribution is 2.32. The lowest BCUT2D eigenvalue weighted by atomic mass is 10.2. The predicted molar refractivity (Wildman–Crippen MR) is 112 cm³/mol. The number of carbonyl (C=O) groups excluding carboxylic acids is 2. The zero-order chi connectivity index (χ0) is 20.8. The van der Waals surface area contributed by atoms with Crippen LogP contribution in [0.3, 0.4) is 0 Å². The van der Waals surface area contributed by atoms with Gasteiger partial charge in [-0.1, -0.05) is 6.07 Å². The molecule has 0 saturated carbocycles. The highest BCUT2D eigenvalue weighted by atomic mass is 32.2. The third kappa shape index (κ3) is 5.52. The number of amidine groups is 1. The molecule has 0 fully saturated rings. The summed E-state index contributed by atoms with van der Waals surface area (Å²) in [6.45, 7) is 2.01. The quantitative estimate of drug-likeness (QED) is 0.471. The van der Waals surface area contributed by atoms with Gasteiger partial charge < -0.3 is 25.6 Å². The van der Waals surface area contributed by atoms with Crippen LogP contribution in [-0.4, -0.2) is 35.3 Å². The van der Waals surface area contributed by atoms with Gasteiger partial charge in [0.2, 0.25) is 0 Å². The summed E-state index contributed by atoms with van der Waals surface area (Å²) < 4.78 is 11.2. The van der Waals surface area contributed by atoms with Crippen molar-refractivity contribution < 1.29 is 24.2 Å². The highest BCUT2D eigenvalue weighted by Gasteiger charge is 2.19. The van der Waals surface area contributed by atoms with Crippen molar-refractivity contribution in [2.75, 3.05) is 18.5 Å². The first-order valence-electron chi connectivity index (χ1n) is 8.71. The predicted octanol–water partition coefficient (Wildman–Crippen LogP) is 2.74. The van der Waals surface area contributed by atoms with Crippen molar-refractivity contribution in [3.63, 3.8) is 0 Å². The monoisotopic (exact) mass is 413 g/mol. The van der Waals surface area contributed by atoms with E-state index in [0.29, 0.717) is 28.7 Å². The van der Waals surface area contributed by atoms with Crippen LogP contribution in [0.15, 0.2) is 52.4 Å². The molecule has 0 bridgehead atoms. The number of hydrogen-bond acceptors (Lipinski definition) is 7. The highest BCUT2D eigenvalue weighted by molar-refractivity contribution is 8.18. The van der Waals surface area contributed by atoms with Crippen molar-refractivity contribution in [3.8, 4) is 17.2 Å². The van der Waals surface area contributed by atoms with Crippen LogP contribution in [0.2, 0.25) is 0 Å². The topological polar surface area (TPSA) is 123 Å². The zero-order valence-corrected chi connectivity index (χ0v) is 16.4. The molecule has 0 aromatic heterocycles. The van der Waals surface area contributed by atoms with Gasteiger partial charge in [-0.05, 0) is 66.7 Å². The van der Waals surface area contributed by atoms with E-state index in [2.05, 4.69) is 10.3 Å². The molecule has 0 unspecified atom stereocenters. The standard InChI is InChI=1S/C20H19N3O5S/c1-2-27-16-9-12(10-17-19(26)23-20(21)29-17)3-8-15(16)28-11-18(25)22-13-4-6-14(24)7-5-13/h3-10,24H,2,11H2,1H3,(H,22,25)(H2,21,23,26)/b17-10-. The van der Waals surface area contributed by atoms with E-state index in [0.717, 1.165) is 17.3 Å². The second-order valence-corrected chi connectivity index (χ2v) is 6.95. The number of nitrogens with zero attached hydrogens (tertiary/aromatic N) is 1. The summed E-state index contributed by atoms with van der Waals surface area (Å²) in [6, 6.07) is 11.2. The van der Waals surface area contributed by atoms with Gasteiger partial charge in [0.15, 0.2) is 23.3 Å². The van der Waals surface area contributed by atoms with Gasteiger partial charge in [-0.3, -0.25) is 9.59 Å². The average Bonchev–Trinajstić information content (AvgIpc) is 3.00. The Kier molecular flexibility index (Phi) is 6.40. The number of benzene rings is 2. The molecule has 0 aliphatic carbocycles. The van der Waals surface area contributed by atoms with E-state index in [1.54, 1.807) is 36.4 Å². The van der Waals surface area contributed by atoms with E-state index in [1.165, 1.54) is 12.1 Å². The van der Waals surface area contributed by atoms with Gasteiger partial charge in [-0.15, -0.1) is 0 Å². The number of rotatable bonds is 7. The van der Waals surface area contributed by atoms with E-state index in [4.69, 9.17) is 15.2 Å². The Morgan fingerprint density at radius 2 is 1.97 bits per heavy atom. The molecule has 1 aliphatic rings. The number of aliphatic imine (C=N–C) groups is 1. The molecule has 1 heterocycles. The Morgan fingerprint density at radius 1 is 1.21 bits per heavy atom. The Hall–Kier alpha value is -3.46. The fourth-order valence-electron chi connectivity index (χ4n) is 2.46. The van der Waals surface area contributed by atoms with Crippen LogP contribution in [0.25, 0.3) is 6.08 Å². The summed E-state index contributed by atoms with van der Waals surface area (Å²) in [5.41, 5.74) is 6.82. The van der Waals surface area contributed by atoms with Crippen LogP contribution in [0.5, 0.6) is 17.2 Å². The van der Waals surface area contributed by atoms with E-state index < -0.39 is 0 Å². The molecule has 150 valence electrons. The van der Waals surface area contributed by atoms with Crippen LogP contribution in [0, 0.1) is 0 Å². The molecule has 3 rings (SSSR count). The molecule has 0 spiro atoms. The van der Waals surface area contributed by atoms with E-state index in [-0.39, 0.29) is 29.3 Å². The number of ether oxygens (including phenoxy) is 2. The average molecular weight is 413 g/mol. The summed E-state index contributed by atoms with van der Waals surface area (Å²) in [7, 11) is 0. The fourth-order valence-corrected chi connectivity index (χ4v) is 3.15. The normalized spacial score (nSPS) is 14.6. The molecule has 8 nitrogen and oxygen atoms in total. The first-order valence-corrected chi connectivity index (χ1v) is 9.53. The first-order chi connectivity index (χ1) is 13.9. The maximum absolute atomic E-state index is 12.1. The molecular formula is C20H19N3O5S. The van der Waals surface area contributed by atoms with Gasteiger partial charge in [0.25, 0.3) is 11.8 Å². The Labute approximate surface area is 171 Å². The minimum atomic E-state index is -0.378. The number of amides is 2. The van der Waals surface area contributed by atoms with Crippen LogP contribution in [0.4, 0.5) is 5.69 Å². The molecule has 0 saturated heterocycles. The van der Waals surface area contributed by atoms with Crippen molar-refractivity contribution in [1.29, 1.82) is 0 Å². The van der Waals surface area contributed by atoms with Gasteiger partial charge in [0, 0.05) is 5.69 Å². The van der Waals surface area contributed by atoms with E-state index in [9.17, 15) is 14.7 Å². The molecule has 4 N–H and O–H groups in total. The first kappa shape index (κ1) is 20.3. The molecular weight excluding hydrogens is 394 g/mol. The van der Waals surface area contributed by atoms with Crippen molar-refractivity contribution in [1.82, 2.24) is 0 Å². The molecule has 29 heavy (non-hydrogen) atoms. The summed E-state index contributed by atoms with van der Waals surface area (Å²) in [4.78, 5) is 27.9. The fraction of sp³-hybridized carbons (Fsp3) is 0.150. The molecule has 2 aromatic carbocycles. The zero-order valence-electron chi connectivity index (χ0n) is 15.5. The SMILES string of the molecule is CCOc1cc(/C=C2\SC(N)=NC2=O)ccc1OCC(=O)Nc1ccc(O)cc1. The summed E-state index contributed by atoms with van der Waals surface area (Å²) >= 11 is 1.11. The maximum atomic E-state index is 12.1. The van der Waals surface area contributed by atoms with Gasteiger partial charge in [0.1, 0.15) is 5.75 Å². The number of nitrogens with one attached hydrogen (secondary N) is 1. The lowest BCUT2D eigenvalue weighted by Crippen LogP contribution is -2.20. The summed E-state index contributed by atoms with van der Waals surface area (Å²) in [6.07, 6.45) is 1.67. The molecule has 2 aromatic rings. The summed E-state index contributed by atoms with van der Waals surface area (Å²) in [5.74, 6) is 0.226. The van der Waals surface area contributed by atoms with Gasteiger partial charge >= 0.3 is 0 Å². The van der Waals surface area contributed by atoms with Crippen molar-refractivity contribution in [2.45, 2.75) is 6.92 Å². The minimum absolute atomic E-state index is 0.114. The number of hydrogen-bond donors (Lipinski definition) is 3. The van der Waals surface area contributed by atoms with Crippen LogP contribution >= 0.6 is 11.8 Å². The second-order valence-electron chi connectivity index (χ2n) is 5.89.